The van der Waals surface area contributed by atoms with Crippen LogP contribution >= 0.6 is 0 Å². The van der Waals surface area contributed by atoms with E-state index in [4.69, 9.17) is 0 Å². The van der Waals surface area contributed by atoms with E-state index in [0.717, 1.165) is 59.2 Å². The minimum atomic E-state index is 0. The summed E-state index contributed by atoms with van der Waals surface area (Å²) in [4.78, 5) is 0. The summed E-state index contributed by atoms with van der Waals surface area (Å²) >= 11 is 0. The third-order valence-corrected chi connectivity index (χ3v) is 12.3. The second kappa shape index (κ2) is 25.7. The van der Waals surface area contributed by atoms with Gasteiger partial charge in [0.15, 0.2) is 0 Å². The first-order valence-corrected chi connectivity index (χ1v) is 19.8. The highest BCUT2D eigenvalue weighted by molar-refractivity contribution is 4.99. The maximum absolute atomic E-state index is 4.00. The minimum absolute atomic E-state index is 0. The van der Waals surface area contributed by atoms with Gasteiger partial charge in [0.25, 0.3) is 0 Å². The van der Waals surface area contributed by atoms with E-state index < -0.39 is 0 Å². The maximum Gasteiger partial charge on any atom is -0.0352 e. The molecule has 0 aromatic heterocycles. The van der Waals surface area contributed by atoms with Crippen LogP contribution in [0.15, 0.2) is 0 Å². The number of unbranched alkanes of at least 4 members (excludes halogenated alkanes) is 1. The van der Waals surface area contributed by atoms with Crippen LogP contribution in [-0.2, 0) is 0 Å². The van der Waals surface area contributed by atoms with Gasteiger partial charge in [-0.15, -0.1) is 12.8 Å². The number of fused-ring (bicyclic) bond motifs is 3. The highest BCUT2D eigenvalue weighted by atomic mass is 14.5. The molecule has 0 nitrogen and oxygen atoms in total. The van der Waals surface area contributed by atoms with Crippen molar-refractivity contribution in [3.05, 3.63) is 0 Å². The molecule has 0 aromatic rings. The molecule has 0 heterocycles. The van der Waals surface area contributed by atoms with Gasteiger partial charge in [0, 0.05) is 0 Å². The Morgan fingerprint density at radius 3 is 1.19 bits per heavy atom. The molecular formula is C43H84. The largest absolute Gasteiger partial charge is 0.124 e. The summed E-state index contributed by atoms with van der Waals surface area (Å²) in [5.74, 6) is 10.8. The molecule has 256 valence electrons. The molecule has 6 unspecified atom stereocenters. The topological polar surface area (TPSA) is 0 Å². The maximum atomic E-state index is 4.00. The Labute approximate surface area is 275 Å². The Bertz CT molecular complexity index is 591. The second-order valence-corrected chi connectivity index (χ2v) is 15.4. The number of hydrogen-bond donors (Lipinski definition) is 0. The summed E-state index contributed by atoms with van der Waals surface area (Å²) < 4.78 is 0. The van der Waals surface area contributed by atoms with Crippen molar-refractivity contribution < 1.29 is 0 Å². The lowest BCUT2D eigenvalue weighted by molar-refractivity contribution is -0.0666. The molecule has 5 fully saturated rings. The van der Waals surface area contributed by atoms with Crippen molar-refractivity contribution in [3.8, 4) is 12.8 Å². The van der Waals surface area contributed by atoms with Crippen LogP contribution in [0.25, 0.3) is 0 Å². The lowest BCUT2D eigenvalue weighted by Crippen LogP contribution is -2.48. The van der Waals surface area contributed by atoms with Crippen LogP contribution < -0.4 is 0 Å². The molecule has 5 aliphatic carbocycles. The van der Waals surface area contributed by atoms with E-state index >= 15 is 0 Å². The van der Waals surface area contributed by atoms with Crippen LogP contribution in [0, 0.1) is 72.0 Å². The van der Waals surface area contributed by atoms with E-state index in [0.29, 0.717) is 0 Å². The predicted molar refractivity (Wildman–Crippen MR) is 198 cm³/mol. The third kappa shape index (κ3) is 14.7. The summed E-state index contributed by atoms with van der Waals surface area (Å²) in [7, 11) is 0. The fraction of sp³-hybridized carbons (Fsp3) is 0.953. The molecule has 5 saturated carbocycles. The Balaban J connectivity index is 0.000000925. The first kappa shape index (κ1) is 42.6. The van der Waals surface area contributed by atoms with Crippen LogP contribution in [0.4, 0.5) is 0 Å². The van der Waals surface area contributed by atoms with Gasteiger partial charge in [0.05, 0.1) is 0 Å². The number of rotatable bonds is 6. The second-order valence-electron chi connectivity index (χ2n) is 15.4. The van der Waals surface area contributed by atoms with Crippen molar-refractivity contribution in [3.63, 3.8) is 0 Å². The Kier molecular flexibility index (Phi) is 25.5. The normalized spacial score (nSPS) is 36.3. The smallest absolute Gasteiger partial charge is 0.0352 e. The fourth-order valence-corrected chi connectivity index (χ4v) is 10.0. The van der Waals surface area contributed by atoms with Gasteiger partial charge in [-0.2, -0.15) is 0 Å². The van der Waals surface area contributed by atoms with Crippen molar-refractivity contribution in [2.45, 2.75) is 204 Å². The van der Waals surface area contributed by atoms with Crippen molar-refractivity contribution >= 4 is 0 Å². The molecule has 0 amide bonds. The molecule has 0 saturated heterocycles. The molecule has 0 radical (unpaired) electrons. The van der Waals surface area contributed by atoms with E-state index in [9.17, 15) is 0 Å². The molecule has 0 spiro atoms. The summed E-state index contributed by atoms with van der Waals surface area (Å²) in [6.07, 6.45) is 41.5. The molecule has 0 heteroatoms. The monoisotopic (exact) mass is 601 g/mol. The molecule has 0 bridgehead atoms. The van der Waals surface area contributed by atoms with Crippen LogP contribution in [0.5, 0.6) is 0 Å². The minimum Gasteiger partial charge on any atom is -0.124 e. The standard InChI is InChI=1S/C27H48.C8H16.C3H8.C2H6.C2H2.CH4/c1-3-22-23(11-5-4-10-21-18-16-20(2)17-19-21)25-14-8-9-15-27(25)26-13-7-6-12-24(22)26;1-7-3-5-8(2)6-4-7;1-3-2;2*1-2;/h20-27H,3-19H2,1-2H3;7-8H,3-6H2,1-2H3;3H2,1-2H3;1-2H3;1-2H;1H4. The molecule has 0 aromatic carbocycles. The average Bonchev–Trinajstić information content (AvgIpc) is 3.04. The lowest BCUT2D eigenvalue weighted by Gasteiger charge is -2.56. The van der Waals surface area contributed by atoms with E-state index in [1.807, 2.05) is 13.8 Å². The number of hydrogen-bond acceptors (Lipinski definition) is 0. The van der Waals surface area contributed by atoms with Crippen molar-refractivity contribution in [1.82, 2.24) is 0 Å². The van der Waals surface area contributed by atoms with Crippen LogP contribution in [0.2, 0.25) is 0 Å². The van der Waals surface area contributed by atoms with Gasteiger partial charge in [-0.3, -0.25) is 0 Å². The van der Waals surface area contributed by atoms with E-state index in [1.165, 1.54) is 70.6 Å². The zero-order valence-electron chi connectivity index (χ0n) is 30.5. The van der Waals surface area contributed by atoms with Gasteiger partial charge in [0.1, 0.15) is 0 Å². The fourth-order valence-electron chi connectivity index (χ4n) is 10.0. The van der Waals surface area contributed by atoms with E-state index in [1.54, 1.807) is 70.6 Å². The van der Waals surface area contributed by atoms with Crippen molar-refractivity contribution in [2.24, 2.45) is 59.2 Å². The van der Waals surface area contributed by atoms with Gasteiger partial charge < -0.3 is 0 Å². The SMILES string of the molecule is C.C#C.CC.CC1CCC(C)CC1.CCC.CCC1C2CCCCC2C2CCCCC2C1CCCCC1CCC(C)CC1. The first-order valence-electron chi connectivity index (χ1n) is 19.8. The molecule has 0 N–H and O–H groups in total. The van der Waals surface area contributed by atoms with Gasteiger partial charge >= 0.3 is 0 Å². The Morgan fingerprint density at radius 2 is 0.791 bits per heavy atom. The Morgan fingerprint density at radius 1 is 0.465 bits per heavy atom. The summed E-state index contributed by atoms with van der Waals surface area (Å²) in [6.45, 7) is 18.0. The molecule has 0 aliphatic heterocycles. The van der Waals surface area contributed by atoms with Crippen LogP contribution in [0.3, 0.4) is 0 Å². The summed E-state index contributed by atoms with van der Waals surface area (Å²) in [5.41, 5.74) is 0. The van der Waals surface area contributed by atoms with E-state index in [2.05, 4.69) is 54.4 Å². The first-order chi connectivity index (χ1) is 20.5. The predicted octanol–water partition coefficient (Wildman–Crippen LogP) is 14.8. The molecular weight excluding hydrogens is 516 g/mol. The van der Waals surface area contributed by atoms with Gasteiger partial charge in [-0.25, -0.2) is 0 Å². The molecule has 5 aliphatic rings. The highest BCUT2D eigenvalue weighted by Crippen LogP contribution is 2.58. The van der Waals surface area contributed by atoms with Gasteiger partial charge in [-0.1, -0.05) is 172 Å². The van der Waals surface area contributed by atoms with Gasteiger partial charge in [-0.05, 0) is 91.3 Å². The zero-order valence-corrected chi connectivity index (χ0v) is 30.5. The Hall–Kier alpha value is -0.440. The average molecular weight is 601 g/mol. The summed E-state index contributed by atoms with van der Waals surface area (Å²) in [5, 5.41) is 0. The molecule has 43 heavy (non-hydrogen) atoms. The quantitative estimate of drug-likeness (QED) is 0.210. The molecule has 5 rings (SSSR count). The molecule has 6 atom stereocenters. The third-order valence-electron chi connectivity index (χ3n) is 12.3. The number of terminal acetylenes is 1. The van der Waals surface area contributed by atoms with Crippen molar-refractivity contribution in [1.29, 1.82) is 0 Å². The van der Waals surface area contributed by atoms with Gasteiger partial charge in [0.2, 0.25) is 0 Å². The van der Waals surface area contributed by atoms with E-state index in [-0.39, 0.29) is 7.43 Å². The van der Waals surface area contributed by atoms with Crippen LogP contribution in [0.1, 0.15) is 204 Å². The lowest BCUT2D eigenvalue weighted by atomic mass is 9.49. The van der Waals surface area contributed by atoms with Crippen molar-refractivity contribution in [2.75, 3.05) is 0 Å². The highest BCUT2D eigenvalue weighted by Gasteiger charge is 2.49. The van der Waals surface area contributed by atoms with Crippen LogP contribution in [-0.4, -0.2) is 0 Å². The zero-order chi connectivity index (χ0) is 31.3. The summed E-state index contributed by atoms with van der Waals surface area (Å²) in [6, 6.07) is 0.